The number of amides is 1. The van der Waals surface area contributed by atoms with Crippen molar-refractivity contribution in [3.63, 3.8) is 0 Å². The van der Waals surface area contributed by atoms with Crippen LogP contribution in [0.4, 0.5) is 24.5 Å². The maximum absolute atomic E-state index is 13.3. The lowest BCUT2D eigenvalue weighted by Gasteiger charge is -2.30. The molecule has 0 atom stereocenters. The van der Waals surface area contributed by atoms with E-state index in [9.17, 15) is 26.4 Å². The number of carbonyl (C=O) groups is 1. The zero-order valence-electron chi connectivity index (χ0n) is 19.1. The van der Waals surface area contributed by atoms with Gasteiger partial charge in [-0.1, -0.05) is 29.8 Å². The molecule has 0 saturated carbocycles. The highest BCUT2D eigenvalue weighted by Gasteiger charge is 2.33. The smallest absolute Gasteiger partial charge is 0.417 e. The van der Waals surface area contributed by atoms with E-state index in [1.54, 1.807) is 19.1 Å². The van der Waals surface area contributed by atoms with E-state index in [4.69, 9.17) is 16.3 Å². The minimum Gasteiger partial charge on any atom is -0.483 e. The second-order valence-electron chi connectivity index (χ2n) is 8.27. The second-order valence-corrected chi connectivity index (χ2v) is 10.5. The molecule has 1 N–H and O–H groups in total. The number of nitrogens with one attached hydrogen (secondary N) is 1. The molecule has 0 aromatic heterocycles. The van der Waals surface area contributed by atoms with E-state index < -0.39 is 39.3 Å². The molecule has 1 aliphatic rings. The van der Waals surface area contributed by atoms with Gasteiger partial charge in [-0.15, -0.1) is 0 Å². The number of para-hydroxylation sites is 1. The number of sulfonamides is 1. The highest BCUT2D eigenvalue weighted by atomic mass is 35.5. The number of fused-ring (bicyclic) bond motifs is 1. The van der Waals surface area contributed by atoms with Crippen molar-refractivity contribution >= 4 is 38.9 Å². The quantitative estimate of drug-likeness (QED) is 0.429. The lowest BCUT2D eigenvalue weighted by molar-refractivity contribution is -0.137. The van der Waals surface area contributed by atoms with Crippen LogP contribution < -0.4 is 14.4 Å². The molecule has 4 rings (SSSR count). The van der Waals surface area contributed by atoms with Gasteiger partial charge in [0, 0.05) is 12.2 Å². The Balaban J connectivity index is 1.45. The van der Waals surface area contributed by atoms with Gasteiger partial charge in [-0.2, -0.15) is 13.2 Å². The Morgan fingerprint density at radius 3 is 2.58 bits per heavy atom. The van der Waals surface area contributed by atoms with Crippen LogP contribution in [0.15, 0.2) is 65.6 Å². The van der Waals surface area contributed by atoms with Crippen molar-refractivity contribution in [3.05, 3.63) is 82.4 Å². The van der Waals surface area contributed by atoms with Gasteiger partial charge in [0.05, 0.1) is 21.2 Å². The van der Waals surface area contributed by atoms with Gasteiger partial charge in [0.25, 0.3) is 15.9 Å². The van der Waals surface area contributed by atoms with Crippen molar-refractivity contribution in [2.45, 2.75) is 30.8 Å². The fraction of sp³-hybridized carbons (Fsp3) is 0.240. The van der Waals surface area contributed by atoms with Gasteiger partial charge in [0.2, 0.25) is 0 Å². The third kappa shape index (κ3) is 5.44. The summed E-state index contributed by atoms with van der Waals surface area (Å²) < 4.78 is 72.6. The molecule has 0 bridgehead atoms. The van der Waals surface area contributed by atoms with Crippen LogP contribution in [0.5, 0.6) is 5.75 Å². The van der Waals surface area contributed by atoms with Gasteiger partial charge in [-0.05, 0) is 73.4 Å². The number of hydrogen-bond acceptors (Lipinski definition) is 4. The van der Waals surface area contributed by atoms with E-state index in [1.165, 1.54) is 28.6 Å². The molecule has 1 heterocycles. The summed E-state index contributed by atoms with van der Waals surface area (Å²) in [5.74, 6) is -0.415. The van der Waals surface area contributed by atoms with Crippen LogP contribution in [0.1, 0.15) is 23.1 Å². The first-order valence-corrected chi connectivity index (χ1v) is 12.8. The minimum absolute atomic E-state index is 0.0831. The first kappa shape index (κ1) is 25.8. The fourth-order valence-electron chi connectivity index (χ4n) is 3.98. The average Bonchev–Trinajstić information content (AvgIpc) is 2.83. The molecule has 0 saturated heterocycles. The first-order chi connectivity index (χ1) is 17.0. The third-order valence-corrected chi connectivity index (χ3v) is 7.86. The van der Waals surface area contributed by atoms with Crippen molar-refractivity contribution in [3.8, 4) is 5.75 Å². The highest BCUT2D eigenvalue weighted by molar-refractivity contribution is 7.92. The monoisotopic (exact) mass is 538 g/mol. The van der Waals surface area contributed by atoms with Gasteiger partial charge in [-0.25, -0.2) is 8.42 Å². The van der Waals surface area contributed by atoms with Crippen LogP contribution in [0, 0.1) is 6.92 Å². The number of anilines is 2. The van der Waals surface area contributed by atoms with Gasteiger partial charge in [0.15, 0.2) is 6.61 Å². The Morgan fingerprint density at radius 1 is 1.11 bits per heavy atom. The molecule has 0 radical (unpaired) electrons. The molecule has 0 unspecified atom stereocenters. The van der Waals surface area contributed by atoms with Crippen LogP contribution in [0.3, 0.4) is 0 Å². The van der Waals surface area contributed by atoms with E-state index in [-0.39, 0.29) is 16.3 Å². The third-order valence-electron chi connectivity index (χ3n) is 5.72. The molecule has 6 nitrogen and oxygen atoms in total. The molecule has 190 valence electrons. The molecule has 3 aromatic rings. The molecule has 0 fully saturated rings. The Labute approximate surface area is 211 Å². The number of aryl methyl sites for hydroxylation is 2. The molecule has 36 heavy (non-hydrogen) atoms. The van der Waals surface area contributed by atoms with Crippen LogP contribution in [0.2, 0.25) is 5.02 Å². The lowest BCUT2D eigenvalue weighted by atomic mass is 10.0. The zero-order valence-corrected chi connectivity index (χ0v) is 20.7. The molecule has 1 aliphatic heterocycles. The van der Waals surface area contributed by atoms with E-state index >= 15 is 0 Å². The Bertz CT molecular complexity index is 1410. The number of nitrogens with zero attached hydrogens (tertiary/aromatic N) is 1. The van der Waals surface area contributed by atoms with E-state index in [2.05, 4.69) is 5.32 Å². The molecule has 0 aliphatic carbocycles. The Kier molecular flexibility index (Phi) is 7.19. The molecular weight excluding hydrogens is 517 g/mol. The zero-order chi connectivity index (χ0) is 26.1. The molecular formula is C25H22ClF3N2O4S. The summed E-state index contributed by atoms with van der Waals surface area (Å²) in [6.07, 6.45) is -3.14. The molecule has 1 amide bonds. The van der Waals surface area contributed by atoms with Crippen molar-refractivity contribution in [2.24, 2.45) is 0 Å². The standard InChI is InChI=1S/C25H22ClF3N2O4S/c1-16-13-19(36(33,34)31-12-4-6-17-5-2-3-7-22(17)31)9-11-23(16)35-15-24(32)30-18-8-10-21(26)20(14-18)25(27,28)29/h2-3,5,7-11,13-14H,4,6,12,15H2,1H3,(H,30,32). The Morgan fingerprint density at radius 2 is 1.86 bits per heavy atom. The lowest BCUT2D eigenvalue weighted by Crippen LogP contribution is -2.35. The summed E-state index contributed by atoms with van der Waals surface area (Å²) in [6.45, 7) is 1.53. The van der Waals surface area contributed by atoms with Crippen LogP contribution >= 0.6 is 11.6 Å². The number of halogens is 4. The number of ether oxygens (including phenoxy) is 1. The molecule has 0 spiro atoms. The van der Waals surface area contributed by atoms with Crippen LogP contribution in [0.25, 0.3) is 0 Å². The van der Waals surface area contributed by atoms with Gasteiger partial charge < -0.3 is 10.1 Å². The number of benzene rings is 3. The van der Waals surface area contributed by atoms with E-state index in [0.29, 0.717) is 24.2 Å². The molecule has 11 heteroatoms. The summed E-state index contributed by atoms with van der Waals surface area (Å²) in [7, 11) is -3.81. The average molecular weight is 539 g/mol. The SMILES string of the molecule is Cc1cc(S(=O)(=O)N2CCCc3ccccc32)ccc1OCC(=O)Nc1ccc(Cl)c(C(F)(F)F)c1. The number of rotatable bonds is 6. The van der Waals surface area contributed by atoms with Crippen LogP contribution in [-0.2, 0) is 27.4 Å². The van der Waals surface area contributed by atoms with Crippen molar-refractivity contribution < 1.29 is 31.1 Å². The van der Waals surface area contributed by atoms with Crippen molar-refractivity contribution in [2.75, 3.05) is 22.8 Å². The van der Waals surface area contributed by atoms with Gasteiger partial charge in [-0.3, -0.25) is 9.10 Å². The summed E-state index contributed by atoms with van der Waals surface area (Å²) in [4.78, 5) is 12.3. The number of carbonyl (C=O) groups excluding carboxylic acids is 1. The minimum atomic E-state index is -4.66. The van der Waals surface area contributed by atoms with E-state index in [0.717, 1.165) is 24.1 Å². The second kappa shape index (κ2) is 10.0. The van der Waals surface area contributed by atoms with E-state index in [1.807, 2.05) is 12.1 Å². The molecule has 3 aromatic carbocycles. The summed E-state index contributed by atoms with van der Waals surface area (Å²) in [5.41, 5.74) is 0.972. The van der Waals surface area contributed by atoms with Gasteiger partial charge in [0.1, 0.15) is 5.75 Å². The maximum atomic E-state index is 13.3. The summed E-state index contributed by atoms with van der Waals surface area (Å²) >= 11 is 5.59. The Hall–Kier alpha value is -3.24. The number of alkyl halides is 3. The summed E-state index contributed by atoms with van der Waals surface area (Å²) in [6, 6.07) is 14.7. The first-order valence-electron chi connectivity index (χ1n) is 11.0. The normalized spacial score (nSPS) is 13.8. The summed E-state index contributed by atoms with van der Waals surface area (Å²) in [5, 5.41) is 1.86. The van der Waals surface area contributed by atoms with Crippen molar-refractivity contribution in [1.29, 1.82) is 0 Å². The largest absolute Gasteiger partial charge is 0.483 e. The highest BCUT2D eigenvalue weighted by Crippen LogP contribution is 2.36. The topological polar surface area (TPSA) is 75.7 Å². The maximum Gasteiger partial charge on any atom is 0.417 e. The van der Waals surface area contributed by atoms with Crippen molar-refractivity contribution in [1.82, 2.24) is 0 Å². The predicted molar refractivity (Wildman–Crippen MR) is 131 cm³/mol. The fourth-order valence-corrected chi connectivity index (χ4v) is 5.83. The number of hydrogen-bond donors (Lipinski definition) is 1. The van der Waals surface area contributed by atoms with Gasteiger partial charge >= 0.3 is 6.18 Å². The predicted octanol–water partition coefficient (Wildman–Crippen LogP) is 5.83. The van der Waals surface area contributed by atoms with Crippen LogP contribution in [-0.4, -0.2) is 27.5 Å².